The van der Waals surface area contributed by atoms with E-state index < -0.39 is 0 Å². The summed E-state index contributed by atoms with van der Waals surface area (Å²) in [6.45, 7) is 5.99. The minimum atomic E-state index is -0.0807. The number of nitrogens with zero attached hydrogens (tertiary/aromatic N) is 3. The van der Waals surface area contributed by atoms with Crippen LogP contribution in [0.2, 0.25) is 0 Å². The van der Waals surface area contributed by atoms with E-state index in [0.717, 1.165) is 18.5 Å². The van der Waals surface area contributed by atoms with Gasteiger partial charge in [-0.1, -0.05) is 18.2 Å². The Hall–Kier alpha value is -2.89. The number of aromatic amines is 1. The van der Waals surface area contributed by atoms with E-state index >= 15 is 0 Å². The summed E-state index contributed by atoms with van der Waals surface area (Å²) in [5.74, 6) is 0.596. The molecule has 0 aliphatic heterocycles. The van der Waals surface area contributed by atoms with Crippen molar-refractivity contribution < 1.29 is 4.79 Å². The minimum Gasteiger partial charge on any atom is -0.368 e. The highest BCUT2D eigenvalue weighted by atomic mass is 16.2. The summed E-state index contributed by atoms with van der Waals surface area (Å²) in [5, 5.41) is 4.50. The Kier molecular flexibility index (Phi) is 5.28. The van der Waals surface area contributed by atoms with E-state index in [1.54, 1.807) is 11.1 Å². The van der Waals surface area contributed by atoms with Crippen LogP contribution in [0.3, 0.4) is 0 Å². The van der Waals surface area contributed by atoms with Gasteiger partial charge in [0.2, 0.25) is 0 Å². The summed E-state index contributed by atoms with van der Waals surface area (Å²) in [4.78, 5) is 25.8. The number of aromatic nitrogens is 3. The van der Waals surface area contributed by atoms with Crippen LogP contribution < -0.4 is 5.32 Å². The van der Waals surface area contributed by atoms with Crippen LogP contribution in [0, 0.1) is 0 Å². The fraction of sp³-hybridized carbons (Fsp3) is 0.316. The molecule has 3 rings (SSSR count). The molecule has 3 aromatic rings. The molecular formula is C19H23N5O. The van der Waals surface area contributed by atoms with Crippen LogP contribution in [0.15, 0.2) is 42.9 Å². The summed E-state index contributed by atoms with van der Waals surface area (Å²) < 4.78 is 0. The number of rotatable bonds is 7. The summed E-state index contributed by atoms with van der Waals surface area (Å²) in [6.07, 6.45) is 6.08. The second-order valence-electron chi connectivity index (χ2n) is 5.80. The van der Waals surface area contributed by atoms with Gasteiger partial charge in [-0.25, -0.2) is 9.97 Å². The van der Waals surface area contributed by atoms with Gasteiger partial charge in [0, 0.05) is 36.7 Å². The highest BCUT2D eigenvalue weighted by Crippen LogP contribution is 2.18. The fourth-order valence-corrected chi connectivity index (χ4v) is 2.87. The topological polar surface area (TPSA) is 73.9 Å². The number of carbonyl (C=O) groups is 1. The first kappa shape index (κ1) is 17.0. The Morgan fingerprint density at radius 1 is 1.16 bits per heavy atom. The number of para-hydroxylation sites is 1. The number of nitrogens with one attached hydrogen (secondary N) is 2. The molecule has 6 heteroatoms. The fourth-order valence-electron chi connectivity index (χ4n) is 2.87. The third-order valence-electron chi connectivity index (χ3n) is 4.30. The van der Waals surface area contributed by atoms with Crippen LogP contribution >= 0.6 is 0 Å². The van der Waals surface area contributed by atoms with Crippen LogP contribution in [0.1, 0.15) is 29.9 Å². The number of carbonyl (C=O) groups excluding carboxylic acids is 1. The number of hydrogen-bond acceptors (Lipinski definition) is 4. The maximum Gasteiger partial charge on any atom is 0.274 e. The van der Waals surface area contributed by atoms with E-state index in [4.69, 9.17) is 0 Å². The largest absolute Gasteiger partial charge is 0.368 e. The van der Waals surface area contributed by atoms with Gasteiger partial charge in [-0.3, -0.25) is 4.79 Å². The van der Waals surface area contributed by atoms with Crippen LogP contribution in [0.25, 0.3) is 10.9 Å². The zero-order valence-corrected chi connectivity index (χ0v) is 14.6. The second-order valence-corrected chi connectivity index (χ2v) is 5.80. The number of anilines is 1. The van der Waals surface area contributed by atoms with Gasteiger partial charge in [0.1, 0.15) is 11.5 Å². The predicted octanol–water partition coefficient (Wildman–Crippen LogP) is 3.09. The molecular weight excluding hydrogens is 314 g/mol. The predicted molar refractivity (Wildman–Crippen MR) is 99.8 cm³/mol. The molecule has 1 amide bonds. The summed E-state index contributed by atoms with van der Waals surface area (Å²) in [6, 6.07) is 8.26. The van der Waals surface area contributed by atoms with Gasteiger partial charge in [-0.05, 0) is 31.9 Å². The molecule has 0 atom stereocenters. The molecule has 0 unspecified atom stereocenters. The first-order valence-electron chi connectivity index (χ1n) is 8.63. The van der Waals surface area contributed by atoms with Crippen molar-refractivity contribution in [3.05, 3.63) is 54.1 Å². The van der Waals surface area contributed by atoms with Gasteiger partial charge in [0.05, 0.1) is 12.4 Å². The highest BCUT2D eigenvalue weighted by Gasteiger charge is 2.14. The van der Waals surface area contributed by atoms with Gasteiger partial charge in [-0.2, -0.15) is 0 Å². The van der Waals surface area contributed by atoms with Crippen molar-refractivity contribution >= 4 is 22.6 Å². The van der Waals surface area contributed by atoms with E-state index in [2.05, 4.69) is 32.4 Å². The lowest BCUT2D eigenvalue weighted by molar-refractivity contribution is 0.0766. The third-order valence-corrected chi connectivity index (χ3v) is 4.30. The van der Waals surface area contributed by atoms with Crippen LogP contribution in [-0.4, -0.2) is 45.4 Å². The molecule has 2 aromatic heterocycles. The number of amides is 1. The van der Waals surface area contributed by atoms with Crippen LogP contribution in [0.5, 0.6) is 0 Å². The SMILES string of the molecule is CCN(CC)C(=O)c1cnc(NCCc2c[nH]c3ccccc23)cn1. The smallest absolute Gasteiger partial charge is 0.274 e. The first-order valence-corrected chi connectivity index (χ1v) is 8.63. The van der Waals surface area contributed by atoms with E-state index in [1.807, 2.05) is 32.2 Å². The van der Waals surface area contributed by atoms with Crippen molar-refractivity contribution in [1.29, 1.82) is 0 Å². The zero-order chi connectivity index (χ0) is 17.6. The van der Waals surface area contributed by atoms with Gasteiger partial charge in [0.15, 0.2) is 0 Å². The Morgan fingerprint density at radius 2 is 1.96 bits per heavy atom. The Bertz CT molecular complexity index is 836. The van der Waals surface area contributed by atoms with Crippen LogP contribution in [-0.2, 0) is 6.42 Å². The Balaban J connectivity index is 1.58. The van der Waals surface area contributed by atoms with Gasteiger partial charge < -0.3 is 15.2 Å². The number of H-pyrrole nitrogens is 1. The zero-order valence-electron chi connectivity index (χ0n) is 14.6. The quantitative estimate of drug-likeness (QED) is 0.695. The highest BCUT2D eigenvalue weighted by molar-refractivity contribution is 5.92. The van der Waals surface area contributed by atoms with Crippen molar-refractivity contribution in [2.24, 2.45) is 0 Å². The molecule has 0 spiro atoms. The molecule has 2 heterocycles. The maximum atomic E-state index is 12.2. The first-order chi connectivity index (χ1) is 12.2. The molecule has 130 valence electrons. The summed E-state index contributed by atoms with van der Waals surface area (Å²) >= 11 is 0. The van der Waals surface area contributed by atoms with E-state index in [9.17, 15) is 4.79 Å². The number of fused-ring (bicyclic) bond motifs is 1. The van der Waals surface area contributed by atoms with E-state index in [0.29, 0.717) is 24.6 Å². The van der Waals surface area contributed by atoms with E-state index in [1.165, 1.54) is 17.1 Å². The number of benzene rings is 1. The summed E-state index contributed by atoms with van der Waals surface area (Å²) in [7, 11) is 0. The molecule has 2 N–H and O–H groups in total. The van der Waals surface area contributed by atoms with Crippen molar-refractivity contribution in [2.75, 3.05) is 25.0 Å². The lowest BCUT2D eigenvalue weighted by Crippen LogP contribution is -2.31. The third kappa shape index (κ3) is 3.79. The number of hydrogen-bond donors (Lipinski definition) is 2. The molecule has 25 heavy (non-hydrogen) atoms. The maximum absolute atomic E-state index is 12.2. The lowest BCUT2D eigenvalue weighted by Gasteiger charge is -2.17. The van der Waals surface area contributed by atoms with Crippen molar-refractivity contribution in [2.45, 2.75) is 20.3 Å². The molecule has 0 bridgehead atoms. The van der Waals surface area contributed by atoms with Gasteiger partial charge >= 0.3 is 0 Å². The molecule has 0 aliphatic carbocycles. The van der Waals surface area contributed by atoms with Crippen LogP contribution in [0.4, 0.5) is 5.82 Å². The Morgan fingerprint density at radius 3 is 2.68 bits per heavy atom. The lowest BCUT2D eigenvalue weighted by atomic mass is 10.1. The molecule has 6 nitrogen and oxygen atoms in total. The molecule has 0 fully saturated rings. The molecule has 1 aromatic carbocycles. The molecule has 0 aliphatic rings. The van der Waals surface area contributed by atoms with Crippen molar-refractivity contribution in [3.63, 3.8) is 0 Å². The normalized spacial score (nSPS) is 10.8. The van der Waals surface area contributed by atoms with E-state index in [-0.39, 0.29) is 5.91 Å². The van der Waals surface area contributed by atoms with Gasteiger partial charge in [-0.15, -0.1) is 0 Å². The molecule has 0 saturated heterocycles. The Labute approximate surface area is 147 Å². The van der Waals surface area contributed by atoms with Crippen molar-refractivity contribution in [3.8, 4) is 0 Å². The second kappa shape index (κ2) is 7.79. The monoisotopic (exact) mass is 337 g/mol. The van der Waals surface area contributed by atoms with Crippen molar-refractivity contribution in [1.82, 2.24) is 19.9 Å². The van der Waals surface area contributed by atoms with Gasteiger partial charge in [0.25, 0.3) is 5.91 Å². The molecule has 0 radical (unpaired) electrons. The average Bonchev–Trinajstić information content (AvgIpc) is 3.06. The standard InChI is InChI=1S/C19H23N5O/c1-3-24(4-2)19(25)17-12-23-18(13-22-17)20-10-9-14-11-21-16-8-6-5-7-15(14)16/h5-8,11-13,21H,3-4,9-10H2,1-2H3,(H,20,23). The minimum absolute atomic E-state index is 0.0807. The average molecular weight is 337 g/mol. The summed E-state index contributed by atoms with van der Waals surface area (Å²) in [5.41, 5.74) is 2.80. The molecule has 0 saturated carbocycles.